The molecule has 0 saturated carbocycles. The van der Waals surface area contributed by atoms with Crippen LogP contribution in [0, 0.1) is 6.92 Å². The van der Waals surface area contributed by atoms with Gasteiger partial charge in [-0.25, -0.2) is 4.98 Å². The zero-order chi connectivity index (χ0) is 14.8. The summed E-state index contributed by atoms with van der Waals surface area (Å²) < 4.78 is 1.20. The molecule has 21 heavy (non-hydrogen) atoms. The van der Waals surface area contributed by atoms with E-state index < -0.39 is 0 Å². The van der Waals surface area contributed by atoms with Crippen LogP contribution < -0.4 is 5.32 Å². The van der Waals surface area contributed by atoms with Gasteiger partial charge in [-0.15, -0.1) is 0 Å². The Labute approximate surface area is 120 Å². The summed E-state index contributed by atoms with van der Waals surface area (Å²) in [7, 11) is 0. The van der Waals surface area contributed by atoms with Crippen molar-refractivity contribution in [2.24, 2.45) is 0 Å². The standard InChI is InChI=1S/C14H13N5O2/c1-9-4-2-3-5-11(9)18-12(20)6-10-7-13(21)19-14(17-10)15-8-16-19/h2-5,7-8,21H,6H2,1H3,(H,18,20). The van der Waals surface area contributed by atoms with Crippen LogP contribution in [0.2, 0.25) is 0 Å². The molecule has 7 heteroatoms. The first-order chi connectivity index (χ1) is 10.1. The van der Waals surface area contributed by atoms with Crippen molar-refractivity contribution in [2.75, 3.05) is 5.32 Å². The fraction of sp³-hybridized carbons (Fsp3) is 0.143. The van der Waals surface area contributed by atoms with E-state index in [0.29, 0.717) is 5.69 Å². The van der Waals surface area contributed by atoms with E-state index in [1.165, 1.54) is 16.9 Å². The number of hydrogen-bond acceptors (Lipinski definition) is 5. The lowest BCUT2D eigenvalue weighted by molar-refractivity contribution is -0.115. The van der Waals surface area contributed by atoms with Crippen molar-refractivity contribution >= 4 is 17.4 Å². The molecule has 7 nitrogen and oxygen atoms in total. The van der Waals surface area contributed by atoms with Gasteiger partial charge in [0.2, 0.25) is 11.8 Å². The van der Waals surface area contributed by atoms with E-state index in [1.54, 1.807) is 0 Å². The van der Waals surface area contributed by atoms with E-state index in [0.717, 1.165) is 11.3 Å². The molecule has 0 radical (unpaired) electrons. The van der Waals surface area contributed by atoms with E-state index in [2.05, 4.69) is 20.4 Å². The second-order valence-corrected chi connectivity index (χ2v) is 4.62. The van der Waals surface area contributed by atoms with Gasteiger partial charge >= 0.3 is 0 Å². The first-order valence-electron chi connectivity index (χ1n) is 6.37. The number of hydrogen-bond donors (Lipinski definition) is 2. The fourth-order valence-electron chi connectivity index (χ4n) is 2.01. The maximum absolute atomic E-state index is 12.0. The summed E-state index contributed by atoms with van der Waals surface area (Å²) in [5.41, 5.74) is 2.17. The van der Waals surface area contributed by atoms with Crippen LogP contribution in [0.3, 0.4) is 0 Å². The predicted octanol–water partition coefficient (Wildman–Crippen LogP) is 1.32. The zero-order valence-electron chi connectivity index (χ0n) is 11.3. The normalized spacial score (nSPS) is 10.7. The largest absolute Gasteiger partial charge is 0.493 e. The third-order valence-corrected chi connectivity index (χ3v) is 3.05. The maximum atomic E-state index is 12.0. The van der Waals surface area contributed by atoms with E-state index in [9.17, 15) is 9.90 Å². The van der Waals surface area contributed by atoms with Crippen molar-refractivity contribution in [3.63, 3.8) is 0 Å². The number of para-hydroxylation sites is 1. The Morgan fingerprint density at radius 1 is 1.38 bits per heavy atom. The van der Waals surface area contributed by atoms with Gasteiger partial charge in [-0.1, -0.05) is 18.2 Å². The van der Waals surface area contributed by atoms with Crippen LogP contribution in [0.1, 0.15) is 11.3 Å². The molecule has 2 heterocycles. The number of nitrogens with zero attached hydrogens (tertiary/aromatic N) is 4. The Hall–Kier alpha value is -2.96. The Morgan fingerprint density at radius 3 is 3.00 bits per heavy atom. The molecule has 2 aromatic heterocycles. The number of anilines is 1. The van der Waals surface area contributed by atoms with Crippen LogP contribution in [0.5, 0.6) is 5.88 Å². The smallest absolute Gasteiger partial charge is 0.255 e. The van der Waals surface area contributed by atoms with Gasteiger partial charge in [-0.2, -0.15) is 14.6 Å². The summed E-state index contributed by atoms with van der Waals surface area (Å²) in [6, 6.07) is 8.92. The molecule has 1 aromatic carbocycles. The van der Waals surface area contributed by atoms with E-state index in [4.69, 9.17) is 0 Å². The molecule has 0 unspecified atom stereocenters. The molecule has 0 bridgehead atoms. The van der Waals surface area contributed by atoms with Crippen molar-refractivity contribution in [2.45, 2.75) is 13.3 Å². The number of carbonyl (C=O) groups excluding carboxylic acids is 1. The van der Waals surface area contributed by atoms with Gasteiger partial charge < -0.3 is 10.4 Å². The minimum Gasteiger partial charge on any atom is -0.493 e. The number of rotatable bonds is 3. The Balaban J connectivity index is 1.78. The van der Waals surface area contributed by atoms with Crippen molar-refractivity contribution < 1.29 is 9.90 Å². The summed E-state index contributed by atoms with van der Waals surface area (Å²) in [4.78, 5) is 20.1. The van der Waals surface area contributed by atoms with Crippen molar-refractivity contribution in [1.82, 2.24) is 19.6 Å². The van der Waals surface area contributed by atoms with E-state index in [1.807, 2.05) is 31.2 Å². The lowest BCUT2D eigenvalue weighted by atomic mass is 10.2. The van der Waals surface area contributed by atoms with E-state index >= 15 is 0 Å². The molecular weight excluding hydrogens is 270 g/mol. The number of aromatic nitrogens is 4. The van der Waals surface area contributed by atoms with Crippen molar-refractivity contribution in [3.05, 3.63) is 47.9 Å². The van der Waals surface area contributed by atoms with Crippen LogP contribution in [0.4, 0.5) is 5.69 Å². The third kappa shape index (κ3) is 2.66. The summed E-state index contributed by atoms with van der Waals surface area (Å²) in [6.07, 6.45) is 1.34. The van der Waals surface area contributed by atoms with Gasteiger partial charge in [-0.3, -0.25) is 4.79 Å². The number of amides is 1. The molecule has 0 atom stereocenters. The molecule has 3 rings (SSSR count). The van der Waals surface area contributed by atoms with Gasteiger partial charge in [0.1, 0.15) is 6.33 Å². The molecule has 0 spiro atoms. The van der Waals surface area contributed by atoms with Crippen LogP contribution >= 0.6 is 0 Å². The highest BCUT2D eigenvalue weighted by Crippen LogP contribution is 2.15. The summed E-state index contributed by atoms with van der Waals surface area (Å²) in [5, 5.41) is 16.4. The zero-order valence-corrected chi connectivity index (χ0v) is 11.3. The fourth-order valence-corrected chi connectivity index (χ4v) is 2.01. The van der Waals surface area contributed by atoms with Gasteiger partial charge in [0.05, 0.1) is 12.1 Å². The molecule has 0 fully saturated rings. The average Bonchev–Trinajstić information content (AvgIpc) is 2.90. The number of aromatic hydroxyl groups is 1. The molecule has 2 N–H and O–H groups in total. The van der Waals surface area contributed by atoms with Gasteiger partial charge in [0.15, 0.2) is 0 Å². The first kappa shape index (κ1) is 13.0. The molecule has 0 saturated heterocycles. The molecule has 3 aromatic rings. The highest BCUT2D eigenvalue weighted by Gasteiger charge is 2.11. The first-order valence-corrected chi connectivity index (χ1v) is 6.37. The summed E-state index contributed by atoms with van der Waals surface area (Å²) >= 11 is 0. The molecular formula is C14H13N5O2. The quantitative estimate of drug-likeness (QED) is 0.756. The molecule has 1 amide bonds. The minimum atomic E-state index is -0.208. The second-order valence-electron chi connectivity index (χ2n) is 4.62. The average molecular weight is 283 g/mol. The molecule has 0 aliphatic heterocycles. The van der Waals surface area contributed by atoms with Crippen LogP contribution in [0.25, 0.3) is 5.78 Å². The highest BCUT2D eigenvalue weighted by atomic mass is 16.3. The minimum absolute atomic E-state index is 0.0469. The van der Waals surface area contributed by atoms with Crippen molar-refractivity contribution in [3.8, 4) is 5.88 Å². The Bertz CT molecular complexity index is 812. The molecule has 0 aliphatic rings. The van der Waals surface area contributed by atoms with Crippen LogP contribution in [0.15, 0.2) is 36.7 Å². The lowest BCUT2D eigenvalue weighted by Crippen LogP contribution is -2.16. The number of fused-ring (bicyclic) bond motifs is 1. The topological polar surface area (TPSA) is 92.4 Å². The van der Waals surface area contributed by atoms with Gasteiger partial charge in [0, 0.05) is 11.8 Å². The SMILES string of the molecule is Cc1ccccc1NC(=O)Cc1cc(O)n2ncnc2n1. The molecule has 0 aliphatic carbocycles. The highest BCUT2D eigenvalue weighted by molar-refractivity contribution is 5.92. The monoisotopic (exact) mass is 283 g/mol. The number of carbonyl (C=O) groups is 1. The van der Waals surface area contributed by atoms with Crippen molar-refractivity contribution in [1.29, 1.82) is 0 Å². The third-order valence-electron chi connectivity index (χ3n) is 3.05. The lowest BCUT2D eigenvalue weighted by Gasteiger charge is -2.08. The number of nitrogens with one attached hydrogen (secondary N) is 1. The summed E-state index contributed by atoms with van der Waals surface area (Å²) in [5.74, 6) is -0.0510. The number of benzene rings is 1. The summed E-state index contributed by atoms with van der Waals surface area (Å²) in [6.45, 7) is 1.92. The van der Waals surface area contributed by atoms with Gasteiger partial charge in [0.25, 0.3) is 5.78 Å². The second kappa shape index (κ2) is 5.20. The van der Waals surface area contributed by atoms with Gasteiger partial charge in [-0.05, 0) is 18.6 Å². The Kier molecular flexibility index (Phi) is 3.23. The van der Waals surface area contributed by atoms with Crippen LogP contribution in [-0.2, 0) is 11.2 Å². The maximum Gasteiger partial charge on any atom is 0.255 e. The predicted molar refractivity (Wildman–Crippen MR) is 76.0 cm³/mol. The number of aryl methyl sites for hydroxylation is 1. The Morgan fingerprint density at radius 2 is 2.19 bits per heavy atom. The van der Waals surface area contributed by atoms with Crippen LogP contribution in [-0.4, -0.2) is 30.6 Å². The molecule has 106 valence electrons. The van der Waals surface area contributed by atoms with E-state index in [-0.39, 0.29) is 24.0 Å².